The minimum absolute atomic E-state index is 0.861. The number of ether oxygens (including phenoxy) is 1. The molecular weight excluding hydrogens is 161 g/mol. The highest BCUT2D eigenvalue weighted by molar-refractivity contribution is 4.78. The van der Waals surface area contributed by atoms with E-state index in [-0.39, 0.29) is 0 Å². The fourth-order valence-electron chi connectivity index (χ4n) is 0.493. The minimum atomic E-state index is -4.45. The van der Waals surface area contributed by atoms with Gasteiger partial charge in [0.2, 0.25) is 0 Å². The zero-order chi connectivity index (χ0) is 9.28. The third-order valence-electron chi connectivity index (χ3n) is 1.15. The quantitative estimate of drug-likeness (QED) is 0.642. The van der Waals surface area contributed by atoms with Crippen molar-refractivity contribution in [2.24, 2.45) is 0 Å². The van der Waals surface area contributed by atoms with Crippen LogP contribution in [0.15, 0.2) is 0 Å². The van der Waals surface area contributed by atoms with Gasteiger partial charge in [-0.3, -0.25) is 0 Å². The fourth-order valence-corrected chi connectivity index (χ4v) is 0.493. The minimum Gasteiger partial charge on any atom is -0.368 e. The highest BCUT2D eigenvalue weighted by atomic mass is 19.4. The Bertz CT molecular complexity index is 128. The Labute approximate surface area is 63.0 Å². The average molecular weight is 172 g/mol. The Morgan fingerprint density at radius 3 is 1.73 bits per heavy atom. The summed E-state index contributed by atoms with van der Waals surface area (Å²) in [7, 11) is 0. The van der Waals surface area contributed by atoms with Crippen LogP contribution in [0.5, 0.6) is 0 Å². The van der Waals surface area contributed by atoms with E-state index < -0.39 is 18.1 Å². The molecule has 0 aromatic heterocycles. The maximum atomic E-state index is 12.0. The molecule has 0 saturated carbocycles. The summed E-state index contributed by atoms with van der Waals surface area (Å²) in [4.78, 5) is 0. The van der Waals surface area contributed by atoms with E-state index in [1.54, 1.807) is 0 Å². The normalized spacial score (nSPS) is 16.6. The van der Waals surface area contributed by atoms with Crippen LogP contribution in [0.4, 0.5) is 13.2 Å². The Balaban J connectivity index is 4.22. The van der Waals surface area contributed by atoms with E-state index in [1.165, 1.54) is 0 Å². The van der Waals surface area contributed by atoms with Crippen LogP contribution in [-0.4, -0.2) is 23.2 Å². The van der Waals surface area contributed by atoms with Crippen molar-refractivity contribution in [2.75, 3.05) is 0 Å². The molecule has 1 atom stereocenters. The van der Waals surface area contributed by atoms with Crippen molar-refractivity contribution in [3.63, 3.8) is 0 Å². The van der Waals surface area contributed by atoms with Gasteiger partial charge in [-0.25, -0.2) is 0 Å². The number of aliphatic hydroxyl groups excluding tert-OH is 1. The Morgan fingerprint density at radius 2 is 1.64 bits per heavy atom. The summed E-state index contributed by atoms with van der Waals surface area (Å²) in [5.74, 6) is 0. The van der Waals surface area contributed by atoms with Crippen molar-refractivity contribution in [3.05, 3.63) is 0 Å². The molecule has 0 heterocycles. The van der Waals surface area contributed by atoms with E-state index in [4.69, 9.17) is 5.11 Å². The van der Waals surface area contributed by atoms with Gasteiger partial charge in [-0.15, -0.1) is 0 Å². The molecule has 2 nitrogen and oxygen atoms in total. The molecule has 0 aliphatic rings. The SMILES string of the molecule is CC(O)OC(C)(C)C(F)(F)F. The first-order valence-electron chi connectivity index (χ1n) is 3.09. The van der Waals surface area contributed by atoms with Gasteiger partial charge >= 0.3 is 6.18 Å². The van der Waals surface area contributed by atoms with Crippen LogP contribution in [0.1, 0.15) is 20.8 Å². The molecule has 0 rings (SSSR count). The summed E-state index contributed by atoms with van der Waals surface area (Å²) in [6, 6.07) is 0. The molecular formula is C6H11F3O2. The van der Waals surface area contributed by atoms with E-state index in [0.29, 0.717) is 0 Å². The van der Waals surface area contributed by atoms with Gasteiger partial charge in [0.15, 0.2) is 11.9 Å². The third-order valence-corrected chi connectivity index (χ3v) is 1.15. The van der Waals surface area contributed by atoms with E-state index in [9.17, 15) is 13.2 Å². The molecule has 0 saturated heterocycles. The van der Waals surface area contributed by atoms with Gasteiger partial charge in [0.1, 0.15) is 0 Å². The average Bonchev–Trinajstić information content (AvgIpc) is 1.56. The summed E-state index contributed by atoms with van der Waals surface area (Å²) in [6.07, 6.45) is -5.86. The van der Waals surface area contributed by atoms with Crippen LogP contribution >= 0.6 is 0 Å². The number of aliphatic hydroxyl groups is 1. The highest BCUT2D eigenvalue weighted by Crippen LogP contribution is 2.33. The second-order valence-corrected chi connectivity index (χ2v) is 2.73. The van der Waals surface area contributed by atoms with Gasteiger partial charge in [-0.05, 0) is 20.8 Å². The zero-order valence-corrected chi connectivity index (χ0v) is 6.57. The smallest absolute Gasteiger partial charge is 0.368 e. The van der Waals surface area contributed by atoms with Crippen molar-refractivity contribution >= 4 is 0 Å². The number of rotatable bonds is 2. The maximum Gasteiger partial charge on any atom is 0.417 e. The van der Waals surface area contributed by atoms with Crippen molar-refractivity contribution in [1.82, 2.24) is 0 Å². The number of halogens is 3. The zero-order valence-electron chi connectivity index (χ0n) is 6.57. The topological polar surface area (TPSA) is 29.5 Å². The van der Waals surface area contributed by atoms with Crippen molar-refractivity contribution < 1.29 is 23.0 Å². The first-order chi connectivity index (χ1) is 4.67. The van der Waals surface area contributed by atoms with Gasteiger partial charge in [0.05, 0.1) is 0 Å². The van der Waals surface area contributed by atoms with Crippen molar-refractivity contribution in [3.8, 4) is 0 Å². The first-order valence-corrected chi connectivity index (χ1v) is 3.09. The predicted molar refractivity (Wildman–Crippen MR) is 32.9 cm³/mol. The van der Waals surface area contributed by atoms with Gasteiger partial charge < -0.3 is 9.84 Å². The third kappa shape index (κ3) is 3.07. The van der Waals surface area contributed by atoms with Gasteiger partial charge in [-0.2, -0.15) is 13.2 Å². The van der Waals surface area contributed by atoms with Gasteiger partial charge in [0.25, 0.3) is 0 Å². The molecule has 1 unspecified atom stereocenters. The standard InChI is InChI=1S/C6H11F3O2/c1-4(10)11-5(2,3)6(7,8)9/h4,10H,1-3H3. The van der Waals surface area contributed by atoms with Crippen LogP contribution in [0.2, 0.25) is 0 Å². The Morgan fingerprint density at radius 1 is 1.27 bits per heavy atom. The lowest BCUT2D eigenvalue weighted by atomic mass is 10.1. The van der Waals surface area contributed by atoms with E-state index in [2.05, 4.69) is 4.74 Å². The van der Waals surface area contributed by atoms with Crippen LogP contribution in [0.25, 0.3) is 0 Å². The molecule has 0 amide bonds. The largest absolute Gasteiger partial charge is 0.417 e. The highest BCUT2D eigenvalue weighted by Gasteiger charge is 2.49. The van der Waals surface area contributed by atoms with Gasteiger partial charge in [0, 0.05) is 0 Å². The second-order valence-electron chi connectivity index (χ2n) is 2.73. The lowest BCUT2D eigenvalue weighted by Gasteiger charge is -2.29. The van der Waals surface area contributed by atoms with Crippen LogP contribution in [0, 0.1) is 0 Å². The van der Waals surface area contributed by atoms with E-state index in [0.717, 1.165) is 20.8 Å². The van der Waals surface area contributed by atoms with Crippen LogP contribution in [-0.2, 0) is 4.74 Å². The lowest BCUT2D eigenvalue weighted by molar-refractivity contribution is -0.300. The summed E-state index contributed by atoms with van der Waals surface area (Å²) in [5, 5.41) is 8.53. The summed E-state index contributed by atoms with van der Waals surface area (Å²) in [5.41, 5.74) is -2.29. The Kier molecular flexibility index (Phi) is 2.91. The molecule has 68 valence electrons. The molecule has 0 radical (unpaired) electrons. The molecule has 11 heavy (non-hydrogen) atoms. The first kappa shape index (κ1) is 10.7. The van der Waals surface area contributed by atoms with Crippen molar-refractivity contribution in [1.29, 1.82) is 0 Å². The number of hydrogen-bond acceptors (Lipinski definition) is 2. The molecule has 0 fully saturated rings. The molecule has 0 aliphatic heterocycles. The second kappa shape index (κ2) is 2.98. The number of alkyl halides is 3. The molecule has 5 heteroatoms. The van der Waals surface area contributed by atoms with Crippen LogP contribution < -0.4 is 0 Å². The van der Waals surface area contributed by atoms with Crippen LogP contribution in [0.3, 0.4) is 0 Å². The van der Waals surface area contributed by atoms with Crippen molar-refractivity contribution in [2.45, 2.75) is 38.8 Å². The summed E-state index contributed by atoms with van der Waals surface area (Å²) >= 11 is 0. The number of hydrogen-bond donors (Lipinski definition) is 1. The monoisotopic (exact) mass is 172 g/mol. The van der Waals surface area contributed by atoms with Gasteiger partial charge in [-0.1, -0.05) is 0 Å². The maximum absolute atomic E-state index is 12.0. The summed E-state index contributed by atoms with van der Waals surface area (Å²) in [6.45, 7) is 2.85. The predicted octanol–water partition coefficient (Wildman–Crippen LogP) is 1.68. The Hall–Kier alpha value is -0.290. The molecule has 0 aromatic rings. The molecule has 1 N–H and O–H groups in total. The van der Waals surface area contributed by atoms with E-state index in [1.807, 2.05) is 0 Å². The fraction of sp³-hybridized carbons (Fsp3) is 1.00. The van der Waals surface area contributed by atoms with E-state index >= 15 is 0 Å². The molecule has 0 aliphatic carbocycles. The summed E-state index contributed by atoms with van der Waals surface area (Å²) < 4.78 is 40.1. The molecule has 0 spiro atoms. The molecule has 0 bridgehead atoms. The molecule has 0 aromatic carbocycles. The lowest BCUT2D eigenvalue weighted by Crippen LogP contribution is -2.43.